The van der Waals surface area contributed by atoms with Crippen molar-refractivity contribution in [3.8, 4) is 17.0 Å². The first-order valence-electron chi connectivity index (χ1n) is 9.78. The summed E-state index contributed by atoms with van der Waals surface area (Å²) in [5.74, 6) is -4.23. The molecular formula is C21H20F3N3O4. The van der Waals surface area contributed by atoms with E-state index in [4.69, 9.17) is 9.26 Å². The number of fused-ring (bicyclic) bond motifs is 1. The number of aromatic hydroxyl groups is 1. The molecule has 0 unspecified atom stereocenters. The average Bonchev–Trinajstić information content (AvgIpc) is 3.18. The van der Waals surface area contributed by atoms with Crippen molar-refractivity contribution in [3.05, 3.63) is 47.3 Å². The first kappa shape index (κ1) is 21.0. The Morgan fingerprint density at radius 3 is 2.48 bits per heavy atom. The van der Waals surface area contributed by atoms with Crippen molar-refractivity contribution in [1.82, 2.24) is 15.0 Å². The number of phenols is 1. The summed E-state index contributed by atoms with van der Waals surface area (Å²) in [4.78, 5) is 15.5. The molecule has 1 aliphatic rings. The molecule has 31 heavy (non-hydrogen) atoms. The zero-order chi connectivity index (χ0) is 22.1. The number of halogens is 3. The van der Waals surface area contributed by atoms with E-state index >= 15 is 0 Å². The van der Waals surface area contributed by atoms with Crippen LogP contribution >= 0.6 is 0 Å². The van der Waals surface area contributed by atoms with Gasteiger partial charge >= 0.3 is 6.09 Å². The minimum Gasteiger partial charge on any atom is -0.507 e. The van der Waals surface area contributed by atoms with E-state index in [0.29, 0.717) is 50.3 Å². The van der Waals surface area contributed by atoms with Crippen molar-refractivity contribution in [2.75, 3.05) is 32.8 Å². The molecule has 10 heteroatoms. The van der Waals surface area contributed by atoms with Crippen LogP contribution in [0.5, 0.6) is 5.75 Å². The predicted octanol–water partition coefficient (Wildman–Crippen LogP) is 3.89. The number of aromatic nitrogens is 1. The van der Waals surface area contributed by atoms with Gasteiger partial charge in [0.2, 0.25) is 0 Å². The third-order valence-electron chi connectivity index (χ3n) is 5.26. The summed E-state index contributed by atoms with van der Waals surface area (Å²) < 4.78 is 51.0. The van der Waals surface area contributed by atoms with Gasteiger partial charge in [-0.3, -0.25) is 4.90 Å². The molecule has 0 spiro atoms. The number of ether oxygens (including phenoxy) is 1. The lowest BCUT2D eigenvalue weighted by Crippen LogP contribution is -2.48. The number of rotatable bonds is 4. The fraction of sp³-hybridized carbons (Fsp3) is 0.333. The summed E-state index contributed by atoms with van der Waals surface area (Å²) in [6.07, 6.45) is -0.356. The molecule has 3 aromatic rings. The van der Waals surface area contributed by atoms with E-state index in [1.165, 1.54) is 12.1 Å². The van der Waals surface area contributed by atoms with Crippen molar-refractivity contribution < 1.29 is 32.3 Å². The molecule has 1 N–H and O–H groups in total. The molecule has 0 aliphatic carbocycles. The summed E-state index contributed by atoms with van der Waals surface area (Å²) in [6, 6.07) is 4.66. The number of carbonyl (C=O) groups is 1. The van der Waals surface area contributed by atoms with Gasteiger partial charge < -0.3 is 19.3 Å². The molecule has 1 aromatic heterocycles. The van der Waals surface area contributed by atoms with Crippen LogP contribution in [0.15, 0.2) is 28.8 Å². The Bertz CT molecular complexity index is 1100. The second-order valence-corrected chi connectivity index (χ2v) is 7.19. The third-order valence-corrected chi connectivity index (χ3v) is 5.26. The highest BCUT2D eigenvalue weighted by Crippen LogP contribution is 2.35. The van der Waals surface area contributed by atoms with Gasteiger partial charge in [0.05, 0.1) is 17.6 Å². The Morgan fingerprint density at radius 2 is 1.84 bits per heavy atom. The molecule has 1 fully saturated rings. The molecule has 1 aliphatic heterocycles. The van der Waals surface area contributed by atoms with Gasteiger partial charge in [-0.05, 0) is 31.2 Å². The van der Waals surface area contributed by atoms with Crippen LogP contribution in [0.2, 0.25) is 0 Å². The molecule has 0 saturated carbocycles. The molecule has 164 valence electrons. The van der Waals surface area contributed by atoms with E-state index in [0.717, 1.165) is 12.1 Å². The zero-order valence-electron chi connectivity index (χ0n) is 16.7. The Hall–Kier alpha value is -3.27. The van der Waals surface area contributed by atoms with E-state index < -0.39 is 17.5 Å². The topological polar surface area (TPSA) is 79.0 Å². The van der Waals surface area contributed by atoms with Crippen molar-refractivity contribution in [3.63, 3.8) is 0 Å². The SMILES string of the molecule is CCOC(=O)N1CCN(Cc2c(O)ccc3c(-c4cc(F)c(F)c(F)c4)noc23)CC1. The van der Waals surface area contributed by atoms with Crippen molar-refractivity contribution in [2.45, 2.75) is 13.5 Å². The van der Waals surface area contributed by atoms with E-state index in [9.17, 15) is 23.1 Å². The first-order chi connectivity index (χ1) is 14.9. The van der Waals surface area contributed by atoms with Crippen LogP contribution < -0.4 is 0 Å². The second kappa shape index (κ2) is 8.46. The molecule has 2 aromatic carbocycles. The average molecular weight is 435 g/mol. The van der Waals surface area contributed by atoms with Crippen LogP contribution in [0.25, 0.3) is 22.2 Å². The Balaban J connectivity index is 1.59. The van der Waals surface area contributed by atoms with Crippen LogP contribution in [0.3, 0.4) is 0 Å². The number of hydrogen-bond donors (Lipinski definition) is 1. The second-order valence-electron chi connectivity index (χ2n) is 7.19. The van der Waals surface area contributed by atoms with Gasteiger partial charge in [0.15, 0.2) is 23.0 Å². The molecule has 0 bridgehead atoms. The number of nitrogens with zero attached hydrogens (tertiary/aromatic N) is 3. The molecule has 1 amide bonds. The molecule has 7 nitrogen and oxygen atoms in total. The summed E-state index contributed by atoms with van der Waals surface area (Å²) in [6.45, 7) is 4.45. The number of benzene rings is 2. The van der Waals surface area contributed by atoms with Crippen LogP contribution in [-0.4, -0.2) is 58.9 Å². The summed E-state index contributed by atoms with van der Waals surface area (Å²) in [5, 5.41) is 14.7. The Labute approximate surface area is 175 Å². The highest BCUT2D eigenvalue weighted by atomic mass is 19.2. The maximum absolute atomic E-state index is 13.7. The first-order valence-corrected chi connectivity index (χ1v) is 9.78. The van der Waals surface area contributed by atoms with E-state index in [1.54, 1.807) is 11.8 Å². The summed E-state index contributed by atoms with van der Waals surface area (Å²) in [7, 11) is 0. The van der Waals surface area contributed by atoms with Crippen LogP contribution in [0.1, 0.15) is 12.5 Å². The van der Waals surface area contributed by atoms with E-state index in [-0.39, 0.29) is 28.7 Å². The van der Waals surface area contributed by atoms with Gasteiger partial charge in [0, 0.05) is 38.3 Å². The van der Waals surface area contributed by atoms with Crippen molar-refractivity contribution in [1.29, 1.82) is 0 Å². The van der Waals surface area contributed by atoms with Crippen molar-refractivity contribution >= 4 is 17.1 Å². The largest absolute Gasteiger partial charge is 0.507 e. The maximum Gasteiger partial charge on any atom is 0.409 e. The quantitative estimate of drug-likeness (QED) is 0.627. The Morgan fingerprint density at radius 1 is 1.16 bits per heavy atom. The number of carbonyl (C=O) groups excluding carboxylic acids is 1. The minimum atomic E-state index is -1.56. The third kappa shape index (κ3) is 4.02. The molecule has 1 saturated heterocycles. The molecule has 0 radical (unpaired) electrons. The fourth-order valence-corrected chi connectivity index (χ4v) is 3.63. The zero-order valence-corrected chi connectivity index (χ0v) is 16.7. The normalized spacial score (nSPS) is 14.9. The number of amides is 1. The fourth-order valence-electron chi connectivity index (χ4n) is 3.63. The standard InChI is InChI=1S/C21H20F3N3O4/c1-2-30-21(29)27-7-5-26(6-8-27)11-14-17(28)4-3-13-19(25-31-20(13)14)12-9-15(22)18(24)16(23)10-12/h3-4,9-10,28H,2,5-8,11H2,1H3. The van der Waals surface area contributed by atoms with E-state index in [1.807, 2.05) is 4.90 Å². The monoisotopic (exact) mass is 435 g/mol. The lowest BCUT2D eigenvalue weighted by Gasteiger charge is -2.34. The number of phenolic OH excluding ortho intramolecular Hbond substituents is 1. The van der Waals surface area contributed by atoms with Gasteiger partial charge in [-0.25, -0.2) is 18.0 Å². The van der Waals surface area contributed by atoms with Gasteiger partial charge in [0.25, 0.3) is 0 Å². The maximum atomic E-state index is 13.7. The molecule has 4 rings (SSSR count). The lowest BCUT2D eigenvalue weighted by molar-refractivity contribution is 0.0776. The summed E-state index contributed by atoms with van der Waals surface area (Å²) >= 11 is 0. The molecule has 2 heterocycles. The summed E-state index contributed by atoms with van der Waals surface area (Å²) in [5.41, 5.74) is 0.896. The van der Waals surface area contributed by atoms with Gasteiger partial charge in [0.1, 0.15) is 11.4 Å². The van der Waals surface area contributed by atoms with Gasteiger partial charge in [-0.1, -0.05) is 5.16 Å². The van der Waals surface area contributed by atoms with Crippen molar-refractivity contribution in [2.24, 2.45) is 0 Å². The predicted molar refractivity (Wildman–Crippen MR) is 105 cm³/mol. The highest BCUT2D eigenvalue weighted by Gasteiger charge is 2.25. The number of piperazine rings is 1. The van der Waals surface area contributed by atoms with Gasteiger partial charge in [-0.15, -0.1) is 0 Å². The molecule has 0 atom stereocenters. The Kier molecular flexibility index (Phi) is 5.73. The minimum absolute atomic E-state index is 0.0144. The van der Waals surface area contributed by atoms with Gasteiger partial charge in [-0.2, -0.15) is 0 Å². The smallest absolute Gasteiger partial charge is 0.409 e. The molecular weight excluding hydrogens is 415 g/mol. The highest BCUT2D eigenvalue weighted by molar-refractivity contribution is 5.94. The number of hydrogen-bond acceptors (Lipinski definition) is 6. The van der Waals surface area contributed by atoms with Crippen LogP contribution in [-0.2, 0) is 11.3 Å². The van der Waals surface area contributed by atoms with E-state index in [2.05, 4.69) is 5.16 Å². The lowest BCUT2D eigenvalue weighted by atomic mass is 10.0. The van der Waals surface area contributed by atoms with Crippen LogP contribution in [0, 0.1) is 17.5 Å². The van der Waals surface area contributed by atoms with Crippen LogP contribution in [0.4, 0.5) is 18.0 Å².